The Labute approximate surface area is 121 Å². The van der Waals surface area contributed by atoms with Crippen molar-refractivity contribution < 1.29 is 4.79 Å². The van der Waals surface area contributed by atoms with E-state index in [-0.39, 0.29) is 5.91 Å². The third-order valence-corrected chi connectivity index (χ3v) is 3.87. The van der Waals surface area contributed by atoms with Crippen LogP contribution in [-0.2, 0) is 11.3 Å². The number of carbonyl (C=O) groups excluding carboxylic acids is 1. The normalized spacial score (nSPS) is 10.3. The fourth-order valence-corrected chi connectivity index (χ4v) is 2.68. The lowest BCUT2D eigenvalue weighted by Gasteiger charge is -2.10. The van der Waals surface area contributed by atoms with Gasteiger partial charge in [-0.05, 0) is 36.1 Å². The number of halogens is 1. The minimum absolute atomic E-state index is 0.0618. The van der Waals surface area contributed by atoms with Crippen LogP contribution in [0.5, 0.6) is 0 Å². The average Bonchev–Trinajstić information content (AvgIpc) is 2.77. The van der Waals surface area contributed by atoms with Crippen LogP contribution in [0.25, 0.3) is 0 Å². The standard InChI is InChI=1S/C14H15ClN2OS/c1-9-3-4-11(15)13(7-9)16-8-14-12(5-6-19-14)17-10(2)18/h3-7,16H,8H2,1-2H3,(H,17,18). The zero-order valence-corrected chi connectivity index (χ0v) is 12.4. The van der Waals surface area contributed by atoms with Crippen LogP contribution in [0.4, 0.5) is 11.4 Å². The summed E-state index contributed by atoms with van der Waals surface area (Å²) in [7, 11) is 0. The molecule has 0 aliphatic heterocycles. The van der Waals surface area contributed by atoms with E-state index in [9.17, 15) is 4.79 Å². The van der Waals surface area contributed by atoms with Crippen LogP contribution in [0.1, 0.15) is 17.4 Å². The Bertz CT molecular complexity index is 595. The second kappa shape index (κ2) is 6.08. The van der Waals surface area contributed by atoms with Crippen LogP contribution in [0.2, 0.25) is 5.02 Å². The van der Waals surface area contributed by atoms with Gasteiger partial charge in [-0.15, -0.1) is 11.3 Å². The molecule has 1 amide bonds. The first-order chi connectivity index (χ1) is 9.06. The number of nitrogens with one attached hydrogen (secondary N) is 2. The number of hydrogen-bond acceptors (Lipinski definition) is 3. The van der Waals surface area contributed by atoms with Crippen molar-refractivity contribution in [2.75, 3.05) is 10.6 Å². The quantitative estimate of drug-likeness (QED) is 0.883. The van der Waals surface area contributed by atoms with E-state index < -0.39 is 0 Å². The molecule has 2 aromatic rings. The summed E-state index contributed by atoms with van der Waals surface area (Å²) >= 11 is 7.73. The Hall–Kier alpha value is -1.52. The molecular weight excluding hydrogens is 280 g/mol. The topological polar surface area (TPSA) is 41.1 Å². The van der Waals surface area contributed by atoms with Gasteiger partial charge in [-0.3, -0.25) is 4.79 Å². The van der Waals surface area contributed by atoms with E-state index in [1.54, 1.807) is 11.3 Å². The monoisotopic (exact) mass is 294 g/mol. The molecule has 0 aliphatic carbocycles. The van der Waals surface area contributed by atoms with Crippen molar-refractivity contribution in [2.45, 2.75) is 20.4 Å². The molecule has 0 atom stereocenters. The first kappa shape index (κ1) is 13.9. The first-order valence-electron chi connectivity index (χ1n) is 5.90. The molecule has 3 nitrogen and oxygen atoms in total. The zero-order valence-electron chi connectivity index (χ0n) is 10.8. The van der Waals surface area contributed by atoms with Gasteiger partial charge in [-0.2, -0.15) is 0 Å². The summed E-state index contributed by atoms with van der Waals surface area (Å²) < 4.78 is 0. The lowest BCUT2D eigenvalue weighted by Crippen LogP contribution is -2.08. The predicted octanol–water partition coefficient (Wildman–Crippen LogP) is 4.28. The second-order valence-corrected chi connectivity index (χ2v) is 5.68. The van der Waals surface area contributed by atoms with E-state index in [2.05, 4.69) is 10.6 Å². The van der Waals surface area contributed by atoms with Gasteiger partial charge in [0.25, 0.3) is 0 Å². The minimum Gasteiger partial charge on any atom is -0.379 e. The highest BCUT2D eigenvalue weighted by atomic mass is 35.5. The molecule has 0 saturated carbocycles. The van der Waals surface area contributed by atoms with Crippen LogP contribution in [-0.4, -0.2) is 5.91 Å². The maximum atomic E-state index is 11.1. The fraction of sp³-hybridized carbons (Fsp3) is 0.214. The second-order valence-electron chi connectivity index (χ2n) is 4.28. The van der Waals surface area contributed by atoms with Gasteiger partial charge >= 0.3 is 0 Å². The van der Waals surface area contributed by atoms with Crippen LogP contribution in [0.3, 0.4) is 0 Å². The summed E-state index contributed by atoms with van der Waals surface area (Å²) in [6.45, 7) is 4.16. The molecule has 0 aliphatic rings. The third-order valence-electron chi connectivity index (χ3n) is 2.62. The van der Waals surface area contributed by atoms with Crippen molar-refractivity contribution in [1.29, 1.82) is 0 Å². The van der Waals surface area contributed by atoms with Crippen molar-refractivity contribution in [3.63, 3.8) is 0 Å². The van der Waals surface area contributed by atoms with Crippen LogP contribution < -0.4 is 10.6 Å². The number of carbonyl (C=O) groups is 1. The maximum Gasteiger partial charge on any atom is 0.221 e. The molecule has 0 bridgehead atoms. The number of amides is 1. The third kappa shape index (κ3) is 3.72. The summed E-state index contributed by atoms with van der Waals surface area (Å²) in [6, 6.07) is 7.76. The highest BCUT2D eigenvalue weighted by Gasteiger charge is 2.07. The van der Waals surface area contributed by atoms with Gasteiger partial charge in [0.2, 0.25) is 5.91 Å². The summed E-state index contributed by atoms with van der Waals surface area (Å²) in [5.41, 5.74) is 2.91. The number of hydrogen-bond donors (Lipinski definition) is 2. The lowest BCUT2D eigenvalue weighted by molar-refractivity contribution is -0.114. The first-order valence-corrected chi connectivity index (χ1v) is 7.16. The maximum absolute atomic E-state index is 11.1. The zero-order chi connectivity index (χ0) is 13.8. The van der Waals surface area contributed by atoms with Crippen LogP contribution in [0, 0.1) is 6.92 Å². The van der Waals surface area contributed by atoms with Gasteiger partial charge in [0.1, 0.15) is 0 Å². The highest BCUT2D eigenvalue weighted by Crippen LogP contribution is 2.27. The van der Waals surface area contributed by atoms with Gasteiger partial charge in [0, 0.05) is 11.8 Å². The van der Waals surface area contributed by atoms with Crippen molar-refractivity contribution in [2.24, 2.45) is 0 Å². The van der Waals surface area contributed by atoms with Gasteiger partial charge in [0.05, 0.1) is 22.9 Å². The Morgan fingerprint density at radius 2 is 2.11 bits per heavy atom. The van der Waals surface area contributed by atoms with Crippen molar-refractivity contribution in [1.82, 2.24) is 0 Å². The molecule has 0 spiro atoms. The van der Waals surface area contributed by atoms with E-state index >= 15 is 0 Å². The molecule has 1 heterocycles. The summed E-state index contributed by atoms with van der Waals surface area (Å²) in [5.74, 6) is -0.0618. The summed E-state index contributed by atoms with van der Waals surface area (Å²) in [5, 5.41) is 8.77. The Morgan fingerprint density at radius 3 is 2.84 bits per heavy atom. The molecule has 5 heteroatoms. The van der Waals surface area contributed by atoms with Crippen LogP contribution >= 0.6 is 22.9 Å². The molecule has 1 aromatic carbocycles. The molecule has 0 fully saturated rings. The lowest BCUT2D eigenvalue weighted by atomic mass is 10.2. The minimum atomic E-state index is -0.0618. The molecule has 2 rings (SSSR count). The molecule has 2 N–H and O–H groups in total. The van der Waals surface area contributed by atoms with E-state index in [1.807, 2.05) is 36.6 Å². The van der Waals surface area contributed by atoms with Gasteiger partial charge in [-0.1, -0.05) is 17.7 Å². The summed E-state index contributed by atoms with van der Waals surface area (Å²) in [4.78, 5) is 12.2. The Morgan fingerprint density at radius 1 is 1.32 bits per heavy atom. The number of aryl methyl sites for hydroxylation is 1. The Balaban J connectivity index is 2.08. The molecule has 0 unspecified atom stereocenters. The van der Waals surface area contributed by atoms with Crippen molar-refractivity contribution in [3.8, 4) is 0 Å². The molecular formula is C14H15ClN2OS. The van der Waals surface area contributed by atoms with Crippen LogP contribution in [0.15, 0.2) is 29.6 Å². The van der Waals surface area contributed by atoms with E-state index in [0.717, 1.165) is 21.8 Å². The molecule has 19 heavy (non-hydrogen) atoms. The van der Waals surface area contributed by atoms with E-state index in [4.69, 9.17) is 11.6 Å². The van der Waals surface area contributed by atoms with Gasteiger partial charge in [0.15, 0.2) is 0 Å². The molecule has 0 saturated heterocycles. The molecule has 100 valence electrons. The van der Waals surface area contributed by atoms with E-state index in [1.165, 1.54) is 6.92 Å². The van der Waals surface area contributed by atoms with Gasteiger partial charge < -0.3 is 10.6 Å². The number of benzene rings is 1. The number of anilines is 2. The van der Waals surface area contributed by atoms with Gasteiger partial charge in [-0.25, -0.2) is 0 Å². The van der Waals surface area contributed by atoms with Crippen molar-refractivity contribution >= 4 is 40.2 Å². The van der Waals surface area contributed by atoms with E-state index in [0.29, 0.717) is 11.6 Å². The highest BCUT2D eigenvalue weighted by molar-refractivity contribution is 7.10. The average molecular weight is 295 g/mol. The molecule has 1 aromatic heterocycles. The predicted molar refractivity (Wildman–Crippen MR) is 82.1 cm³/mol. The number of thiophene rings is 1. The van der Waals surface area contributed by atoms with Crippen molar-refractivity contribution in [3.05, 3.63) is 45.1 Å². The Kier molecular flexibility index (Phi) is 4.45. The SMILES string of the molecule is CC(=O)Nc1ccsc1CNc1cc(C)ccc1Cl. The molecule has 0 radical (unpaired) electrons. The number of rotatable bonds is 4. The summed E-state index contributed by atoms with van der Waals surface area (Å²) in [6.07, 6.45) is 0. The smallest absolute Gasteiger partial charge is 0.221 e. The largest absolute Gasteiger partial charge is 0.379 e. The fourth-order valence-electron chi connectivity index (χ4n) is 1.73.